The van der Waals surface area contributed by atoms with E-state index in [0.29, 0.717) is 0 Å². The molecule has 0 spiro atoms. The Bertz CT molecular complexity index is 411. The minimum atomic E-state index is -0.499. The highest BCUT2D eigenvalue weighted by Crippen LogP contribution is 2.12. The van der Waals surface area contributed by atoms with Crippen molar-refractivity contribution < 1.29 is 9.53 Å². The second-order valence-corrected chi connectivity index (χ2v) is 6.24. The van der Waals surface area contributed by atoms with Crippen molar-refractivity contribution in [3.8, 4) is 0 Å². The smallest absolute Gasteiger partial charge is 0.419 e. The van der Waals surface area contributed by atoms with E-state index in [1.807, 2.05) is 34.6 Å². The van der Waals surface area contributed by atoms with Crippen LogP contribution in [0, 0.1) is 0 Å². The molecule has 0 aliphatic carbocycles. The zero-order chi connectivity index (χ0) is 14.0. The third-order valence-corrected chi connectivity index (χ3v) is 2.27. The summed E-state index contributed by atoms with van der Waals surface area (Å²) < 4.78 is 6.61. The van der Waals surface area contributed by atoms with Gasteiger partial charge in [-0.1, -0.05) is 0 Å². The fraction of sp³-hybridized carbons (Fsp3) is 0.692. The predicted octanol–water partition coefficient (Wildman–Crippen LogP) is 2.34. The van der Waals surface area contributed by atoms with Crippen LogP contribution in [0.4, 0.5) is 4.79 Å². The predicted molar refractivity (Wildman–Crippen MR) is 70.4 cm³/mol. The standard InChI is InChI=1S/C13H23N3O2/c1-12(2,3)18-11(17)16-8-10(15-9-16)6-7-13(4,5)14/h8-9H,6-7,14H2,1-5H3. The highest BCUT2D eigenvalue weighted by molar-refractivity contribution is 5.70. The van der Waals surface area contributed by atoms with Crippen LogP contribution >= 0.6 is 0 Å². The maximum atomic E-state index is 11.8. The molecule has 0 aliphatic heterocycles. The molecule has 1 heterocycles. The van der Waals surface area contributed by atoms with Crippen molar-refractivity contribution in [2.75, 3.05) is 0 Å². The van der Waals surface area contributed by atoms with Crippen molar-refractivity contribution in [2.24, 2.45) is 5.73 Å². The van der Waals surface area contributed by atoms with Gasteiger partial charge in [-0.2, -0.15) is 0 Å². The molecule has 102 valence electrons. The summed E-state index contributed by atoms with van der Waals surface area (Å²) in [7, 11) is 0. The molecule has 0 aromatic carbocycles. The van der Waals surface area contributed by atoms with Gasteiger partial charge in [0.25, 0.3) is 0 Å². The van der Waals surface area contributed by atoms with Gasteiger partial charge < -0.3 is 10.5 Å². The van der Waals surface area contributed by atoms with Gasteiger partial charge in [-0.15, -0.1) is 0 Å². The molecule has 0 atom stereocenters. The Labute approximate surface area is 108 Å². The number of rotatable bonds is 3. The lowest BCUT2D eigenvalue weighted by molar-refractivity contribution is 0.0536. The van der Waals surface area contributed by atoms with Crippen LogP contribution in [0.15, 0.2) is 12.5 Å². The highest BCUT2D eigenvalue weighted by Gasteiger charge is 2.18. The number of aromatic nitrogens is 2. The van der Waals surface area contributed by atoms with Gasteiger partial charge in [0.2, 0.25) is 0 Å². The molecule has 1 rings (SSSR count). The molecule has 18 heavy (non-hydrogen) atoms. The zero-order valence-electron chi connectivity index (χ0n) is 11.9. The van der Waals surface area contributed by atoms with Crippen molar-refractivity contribution >= 4 is 6.09 Å². The molecule has 0 fully saturated rings. The van der Waals surface area contributed by atoms with Crippen LogP contribution in [0.3, 0.4) is 0 Å². The van der Waals surface area contributed by atoms with E-state index in [1.165, 1.54) is 10.9 Å². The summed E-state index contributed by atoms with van der Waals surface area (Å²) in [5, 5.41) is 0. The van der Waals surface area contributed by atoms with E-state index in [2.05, 4.69) is 4.98 Å². The molecule has 0 saturated heterocycles. The largest absolute Gasteiger partial charge is 0.443 e. The van der Waals surface area contributed by atoms with Crippen LogP contribution in [-0.4, -0.2) is 26.8 Å². The monoisotopic (exact) mass is 253 g/mol. The molecule has 0 unspecified atom stereocenters. The fourth-order valence-electron chi connectivity index (χ4n) is 1.36. The highest BCUT2D eigenvalue weighted by atomic mass is 16.6. The van der Waals surface area contributed by atoms with Crippen molar-refractivity contribution in [1.82, 2.24) is 9.55 Å². The Morgan fingerprint density at radius 1 is 1.39 bits per heavy atom. The summed E-state index contributed by atoms with van der Waals surface area (Å²) in [4.78, 5) is 15.9. The van der Waals surface area contributed by atoms with Gasteiger partial charge in [-0.25, -0.2) is 14.3 Å². The lowest BCUT2D eigenvalue weighted by atomic mass is 9.99. The summed E-state index contributed by atoms with van der Waals surface area (Å²) in [5.41, 5.74) is 6.03. The van der Waals surface area contributed by atoms with Crippen LogP contribution in [0.25, 0.3) is 0 Å². The molecule has 0 amide bonds. The SMILES string of the molecule is CC(C)(N)CCc1cn(C(=O)OC(C)(C)C)cn1. The van der Waals surface area contributed by atoms with E-state index >= 15 is 0 Å². The van der Waals surface area contributed by atoms with Crippen LogP contribution in [-0.2, 0) is 11.2 Å². The second-order valence-electron chi connectivity index (χ2n) is 6.24. The van der Waals surface area contributed by atoms with E-state index in [0.717, 1.165) is 18.5 Å². The quantitative estimate of drug-likeness (QED) is 0.897. The Kier molecular flexibility index (Phi) is 4.16. The molecular weight excluding hydrogens is 230 g/mol. The van der Waals surface area contributed by atoms with Crippen LogP contribution in [0.5, 0.6) is 0 Å². The first kappa shape index (κ1) is 14.7. The van der Waals surface area contributed by atoms with Gasteiger partial charge in [0.15, 0.2) is 0 Å². The summed E-state index contributed by atoms with van der Waals surface area (Å²) >= 11 is 0. The number of hydrogen-bond donors (Lipinski definition) is 1. The maximum Gasteiger partial charge on any atom is 0.419 e. The number of carbonyl (C=O) groups is 1. The van der Waals surface area contributed by atoms with Gasteiger partial charge >= 0.3 is 6.09 Å². The fourth-order valence-corrected chi connectivity index (χ4v) is 1.36. The lowest BCUT2D eigenvalue weighted by Crippen LogP contribution is -2.32. The molecule has 0 aliphatic rings. The number of imidazole rings is 1. The minimum Gasteiger partial charge on any atom is -0.443 e. The molecule has 2 N–H and O–H groups in total. The number of ether oxygens (including phenoxy) is 1. The van der Waals surface area contributed by atoms with Gasteiger partial charge in [0.05, 0.1) is 5.69 Å². The average Bonchev–Trinajstić information content (AvgIpc) is 2.58. The number of carbonyl (C=O) groups excluding carboxylic acids is 1. The molecule has 5 heteroatoms. The zero-order valence-corrected chi connectivity index (χ0v) is 11.9. The topological polar surface area (TPSA) is 70.1 Å². The van der Waals surface area contributed by atoms with Crippen LogP contribution in [0.1, 0.15) is 46.7 Å². The minimum absolute atomic E-state index is 0.226. The van der Waals surface area contributed by atoms with E-state index in [4.69, 9.17) is 10.5 Å². The molecule has 5 nitrogen and oxygen atoms in total. The first-order valence-electron chi connectivity index (χ1n) is 6.12. The van der Waals surface area contributed by atoms with Crippen LogP contribution in [0.2, 0.25) is 0 Å². The van der Waals surface area contributed by atoms with Crippen molar-refractivity contribution in [1.29, 1.82) is 0 Å². The van der Waals surface area contributed by atoms with Gasteiger partial charge in [0.1, 0.15) is 11.9 Å². The first-order chi connectivity index (χ1) is 8.07. The Balaban J connectivity index is 2.61. The molecule has 1 aromatic heterocycles. The summed E-state index contributed by atoms with van der Waals surface area (Å²) in [6, 6.07) is 0. The van der Waals surface area contributed by atoms with Crippen molar-refractivity contribution in [3.63, 3.8) is 0 Å². The number of nitrogens with two attached hydrogens (primary N) is 1. The van der Waals surface area contributed by atoms with Crippen LogP contribution < -0.4 is 5.73 Å². The van der Waals surface area contributed by atoms with Crippen molar-refractivity contribution in [2.45, 2.75) is 58.6 Å². The maximum absolute atomic E-state index is 11.8. The Morgan fingerprint density at radius 3 is 2.50 bits per heavy atom. The Hall–Kier alpha value is -1.36. The van der Waals surface area contributed by atoms with Gasteiger partial charge in [0, 0.05) is 11.7 Å². The van der Waals surface area contributed by atoms with E-state index in [9.17, 15) is 4.79 Å². The number of aryl methyl sites for hydroxylation is 1. The summed E-state index contributed by atoms with van der Waals surface area (Å²) in [6.07, 6.45) is 4.33. The second kappa shape index (κ2) is 5.10. The average molecular weight is 253 g/mol. The molecular formula is C13H23N3O2. The molecule has 0 saturated carbocycles. The van der Waals surface area contributed by atoms with E-state index < -0.39 is 11.7 Å². The Morgan fingerprint density at radius 2 is 2.00 bits per heavy atom. The van der Waals surface area contributed by atoms with Gasteiger partial charge in [-0.05, 0) is 47.5 Å². The third-order valence-electron chi connectivity index (χ3n) is 2.27. The summed E-state index contributed by atoms with van der Waals surface area (Å²) in [5.74, 6) is 0. The lowest BCUT2D eigenvalue weighted by Gasteiger charge is -2.19. The first-order valence-corrected chi connectivity index (χ1v) is 6.12. The molecule has 0 radical (unpaired) electrons. The van der Waals surface area contributed by atoms with Crippen molar-refractivity contribution in [3.05, 3.63) is 18.2 Å². The number of hydrogen-bond acceptors (Lipinski definition) is 4. The molecule has 0 bridgehead atoms. The number of nitrogens with zero attached hydrogens (tertiary/aromatic N) is 2. The third kappa shape index (κ3) is 5.31. The summed E-state index contributed by atoms with van der Waals surface area (Å²) in [6.45, 7) is 9.44. The van der Waals surface area contributed by atoms with Gasteiger partial charge in [-0.3, -0.25) is 0 Å². The van der Waals surface area contributed by atoms with E-state index in [1.54, 1.807) is 6.20 Å². The van der Waals surface area contributed by atoms with E-state index in [-0.39, 0.29) is 5.54 Å². The normalized spacial score (nSPS) is 12.6. The molecule has 1 aromatic rings.